The van der Waals surface area contributed by atoms with Crippen molar-refractivity contribution in [3.8, 4) is 0 Å². The number of carbonyl (C=O) groups excluding carboxylic acids is 10. The van der Waals surface area contributed by atoms with Crippen LogP contribution in [0.5, 0.6) is 0 Å². The first-order valence-corrected chi connectivity index (χ1v) is 29.1. The molecule has 1 aliphatic heterocycles. The number of aliphatic carboxylic acids is 1. The fraction of sp³-hybridized carbons (Fsp3) is 0.623. The molecule has 0 aliphatic carbocycles. The Labute approximate surface area is 500 Å². The van der Waals surface area contributed by atoms with Gasteiger partial charge in [0.25, 0.3) is 5.91 Å². The molecule has 1 aromatic carbocycles. The number of rotatable bonds is 27. The van der Waals surface area contributed by atoms with Crippen LogP contribution in [0.1, 0.15) is 103 Å². The Morgan fingerprint density at radius 2 is 1.15 bits per heavy atom. The van der Waals surface area contributed by atoms with Gasteiger partial charge in [0.2, 0.25) is 47.3 Å². The summed E-state index contributed by atoms with van der Waals surface area (Å²) >= 11 is 2.97. The number of aliphatic imine (C=N–C) groups is 1. The number of carboxylic acid groups (broad SMARTS) is 1. The van der Waals surface area contributed by atoms with Gasteiger partial charge in [-0.3, -0.25) is 52.9 Å². The van der Waals surface area contributed by atoms with Crippen LogP contribution in [0.25, 0.3) is 0 Å². The first kappa shape index (κ1) is 73.7. The van der Waals surface area contributed by atoms with E-state index in [0.29, 0.717) is 12.0 Å². The summed E-state index contributed by atoms with van der Waals surface area (Å²) in [5.41, 5.74) is 22.4. The van der Waals surface area contributed by atoms with Gasteiger partial charge < -0.3 is 101 Å². The number of aliphatic hydroxyl groups is 4. The summed E-state index contributed by atoms with van der Waals surface area (Å²) in [5, 5.41) is 72.8. The number of alkyl halides is 1. The maximum Gasteiger partial charge on any atom is 0.335 e. The highest BCUT2D eigenvalue weighted by molar-refractivity contribution is 9.09. The van der Waals surface area contributed by atoms with Crippen molar-refractivity contribution in [1.82, 2.24) is 47.9 Å². The lowest BCUT2D eigenvalue weighted by atomic mass is 10.0. The Kier molecular flexibility index (Phi) is 34.7. The lowest BCUT2D eigenvalue weighted by Crippen LogP contribution is -2.64. The van der Waals surface area contributed by atoms with E-state index in [2.05, 4.69) is 65.1 Å². The average Bonchev–Trinajstić information content (AvgIpc) is 3.68. The number of nitrogens with two attached hydrogens (primary N) is 4. The number of unbranched alkanes of at least 4 members (excludes halogenated alkanes) is 6. The average molecular weight is 1270 g/mol. The first-order chi connectivity index (χ1) is 40.4. The minimum absolute atomic E-state index is 0.0438. The Hall–Kier alpha value is -7.36. The number of carbonyl (C=O) groups is 11. The Morgan fingerprint density at radius 1 is 0.647 bits per heavy atom. The summed E-state index contributed by atoms with van der Waals surface area (Å²) in [6, 6.07) is -6.91. The van der Waals surface area contributed by atoms with Gasteiger partial charge in [-0.05, 0) is 57.7 Å². The number of allylic oxidation sites excluding steroid dienone is 1. The minimum atomic E-state index is -2.80. The molecule has 0 spiro atoms. The number of nitrogens with one attached hydrogen (secondary N) is 9. The molecule has 22 N–H and O–H groups in total. The van der Waals surface area contributed by atoms with Gasteiger partial charge in [0.15, 0.2) is 12.1 Å². The van der Waals surface area contributed by atoms with E-state index >= 15 is 0 Å². The predicted octanol–water partition coefficient (Wildman–Crippen LogP) is -5.48. The van der Waals surface area contributed by atoms with Crippen molar-refractivity contribution >= 4 is 87.0 Å². The lowest BCUT2D eigenvalue weighted by Gasteiger charge is -2.29. The second kappa shape index (κ2) is 40.0. The Balaban J connectivity index is 2.81. The molecule has 0 bridgehead atoms. The zero-order valence-electron chi connectivity index (χ0n) is 47.7. The summed E-state index contributed by atoms with van der Waals surface area (Å²) in [6.07, 6.45) is 0.191. The van der Waals surface area contributed by atoms with Crippen LogP contribution in [0, 0.1) is 0 Å². The van der Waals surface area contributed by atoms with Crippen molar-refractivity contribution in [1.29, 1.82) is 0 Å². The molecule has 1 fully saturated rings. The third-order valence-electron chi connectivity index (χ3n) is 13.1. The van der Waals surface area contributed by atoms with Gasteiger partial charge in [-0.2, -0.15) is 0 Å². The van der Waals surface area contributed by atoms with Gasteiger partial charge in [-0.25, -0.2) is 4.79 Å². The molecule has 9 amide bonds. The molecular formula is C53H85BrN14O17. The molecule has 1 aromatic rings. The molecule has 1 heterocycles. The van der Waals surface area contributed by atoms with E-state index in [4.69, 9.17) is 27.7 Å². The monoisotopic (exact) mass is 1270 g/mol. The van der Waals surface area contributed by atoms with Gasteiger partial charge in [-0.15, -0.1) is 0 Å². The maximum absolute atomic E-state index is 14.3. The van der Waals surface area contributed by atoms with Crippen LogP contribution >= 0.6 is 15.9 Å². The number of hydrogen-bond acceptors (Lipinski definition) is 19. The summed E-state index contributed by atoms with van der Waals surface area (Å²) in [7, 11) is 0. The molecule has 0 saturated carbocycles. The lowest BCUT2D eigenvalue weighted by molar-refractivity contribution is -0.152. The maximum atomic E-state index is 14.3. The van der Waals surface area contributed by atoms with Crippen LogP contribution < -0.4 is 70.8 Å². The van der Waals surface area contributed by atoms with Crippen LogP contribution in [0.4, 0.5) is 0 Å². The molecule has 2 unspecified atom stereocenters. The van der Waals surface area contributed by atoms with Crippen molar-refractivity contribution in [3.63, 3.8) is 0 Å². The fourth-order valence-corrected chi connectivity index (χ4v) is 8.74. The molecule has 11 atom stereocenters. The van der Waals surface area contributed by atoms with Gasteiger partial charge in [0.05, 0.1) is 25.2 Å². The largest absolute Gasteiger partial charge is 0.479 e. The number of aliphatic hydroxyl groups excluding tert-OH is 4. The quantitative estimate of drug-likeness (QED) is 0.00976. The van der Waals surface area contributed by atoms with Crippen molar-refractivity contribution in [2.45, 2.75) is 170 Å². The number of benzene rings is 1. The third kappa shape index (κ3) is 27.0. The topological polar surface area (TPSA) is 523 Å². The molecule has 32 heteroatoms. The van der Waals surface area contributed by atoms with Gasteiger partial charge in [0.1, 0.15) is 60.6 Å². The number of amides is 9. The fourth-order valence-electron chi connectivity index (χ4n) is 8.37. The van der Waals surface area contributed by atoms with E-state index < -0.39 is 162 Å². The number of esters is 1. The van der Waals surface area contributed by atoms with Crippen LogP contribution in [0.3, 0.4) is 0 Å². The normalized spacial score (nSPS) is 23.6. The molecule has 0 radical (unpaired) electrons. The number of ether oxygens (including phenoxy) is 1. The van der Waals surface area contributed by atoms with E-state index in [9.17, 15) is 78.3 Å². The molecular weight excluding hydrogens is 1180 g/mol. The van der Waals surface area contributed by atoms with E-state index in [-0.39, 0.29) is 64.1 Å². The van der Waals surface area contributed by atoms with Crippen molar-refractivity contribution in [2.75, 3.05) is 38.2 Å². The molecule has 0 aromatic heterocycles. The third-order valence-corrected chi connectivity index (χ3v) is 13.8. The molecule has 2 rings (SSSR count). The van der Waals surface area contributed by atoms with Crippen molar-refractivity contribution in [3.05, 3.63) is 47.7 Å². The summed E-state index contributed by atoms with van der Waals surface area (Å²) in [6.45, 7) is 0.538. The van der Waals surface area contributed by atoms with Crippen LogP contribution in [0.2, 0.25) is 0 Å². The Morgan fingerprint density at radius 3 is 1.68 bits per heavy atom. The van der Waals surface area contributed by atoms with Crippen LogP contribution in [0.15, 0.2) is 47.1 Å². The van der Waals surface area contributed by atoms with Crippen molar-refractivity contribution < 1.29 is 83.0 Å². The smallest absolute Gasteiger partial charge is 0.335 e. The van der Waals surface area contributed by atoms with Gasteiger partial charge >= 0.3 is 11.9 Å². The second-order valence-corrected chi connectivity index (χ2v) is 20.6. The van der Waals surface area contributed by atoms with Crippen LogP contribution in [-0.2, 0) is 63.9 Å². The summed E-state index contributed by atoms with van der Waals surface area (Å²) in [4.78, 5) is 156. The second-order valence-electron chi connectivity index (χ2n) is 19.9. The number of carboxylic acids is 1. The van der Waals surface area contributed by atoms with Crippen molar-refractivity contribution in [2.24, 2.45) is 27.9 Å². The molecule has 85 heavy (non-hydrogen) atoms. The molecule has 1 aliphatic rings. The Bertz CT molecular complexity index is 2440. The van der Waals surface area contributed by atoms with Crippen LogP contribution in [-0.4, -0.2) is 201 Å². The highest BCUT2D eigenvalue weighted by Crippen LogP contribution is 2.13. The van der Waals surface area contributed by atoms with E-state index in [1.807, 2.05) is 10.6 Å². The summed E-state index contributed by atoms with van der Waals surface area (Å²) < 4.78 is 5.28. The zero-order valence-corrected chi connectivity index (χ0v) is 49.3. The molecule has 31 nitrogen and oxygen atoms in total. The number of guanidine groups is 1. The van der Waals surface area contributed by atoms with E-state index in [1.165, 1.54) is 6.92 Å². The molecule has 1 saturated heterocycles. The highest BCUT2D eigenvalue weighted by Gasteiger charge is 2.40. The molecule has 476 valence electrons. The number of halogens is 1. The standard InChI is InChI=1S/C53H85BrN14O17/c1-3-5-6-7-8-9-13-17-30(70)25-39(72)85-28-37-49(80)65-36(27-69)48(79)63-34(20-22-56)46(77)62-33(19-21-55)45(76)61-32(18-14-23-59-53(57)58)44(75)64-35(24-29-15-11-10-12-16-29)47(78)60-31(4-2)43(74)68-41(42(73)52(83)84)51(82)67-40(38(71)26-54)50(81)66-37/h4,10-12,15-16,30,32-38,40-42,69-71,73H,3,5-9,13-14,17-28,55-56H2,1-2H3,(H,60,78)(H,61,76)(H,62,77)(H,63,79)(H,64,75)(H,65,80)(H,66,81)(H,67,82)(H,68,74)(H,83,84)(H4,57,58,59)/b31-4-/t30?,32-,33-,34-,35-,36-,37-,38+,40-,41-,42?/m0/s1. The SMILES string of the molecule is C/C=C1\NC(=O)[C@H](Cc2ccccc2)NC(=O)[C@H](CCCN=C(N)N)NC(=O)[C@H](CCN)NC(=O)[C@H](CCN)NC(=O)[C@H](CO)NC(=O)[C@H](COC(=O)CC(O)CCCCCCCCC)NC(=O)[C@H]([C@H](O)CBr)NC(=O)[C@H](C(O)C(=O)O)NC1=O. The minimum Gasteiger partial charge on any atom is -0.479 e. The predicted molar refractivity (Wildman–Crippen MR) is 309 cm³/mol. The van der Waals surface area contributed by atoms with E-state index in [0.717, 1.165) is 44.6 Å². The summed E-state index contributed by atoms with van der Waals surface area (Å²) in [5.74, 6) is -14.7. The first-order valence-electron chi connectivity index (χ1n) is 27.9. The zero-order chi connectivity index (χ0) is 63.6. The number of hydrogen-bond donors (Lipinski definition) is 18. The highest BCUT2D eigenvalue weighted by atomic mass is 79.9. The van der Waals surface area contributed by atoms with E-state index in [1.54, 1.807) is 30.3 Å². The van der Waals surface area contributed by atoms with Gasteiger partial charge in [-0.1, -0.05) is 104 Å². The van der Waals surface area contributed by atoms with Gasteiger partial charge in [0, 0.05) is 18.3 Å². The number of nitrogens with zero attached hydrogens (tertiary/aromatic N) is 1.